The van der Waals surface area contributed by atoms with Crippen LogP contribution in [0.1, 0.15) is 42.0 Å². The molecule has 1 fully saturated rings. The van der Waals surface area contributed by atoms with Crippen molar-refractivity contribution >= 4 is 17.9 Å². The molecule has 3 aliphatic carbocycles. The normalized spacial score (nSPS) is 29.6. The maximum absolute atomic E-state index is 13.2. The van der Waals surface area contributed by atoms with E-state index in [9.17, 15) is 14.4 Å². The Morgan fingerprint density at radius 1 is 1.03 bits per heavy atom. The first-order chi connectivity index (χ1) is 14.8. The molecule has 6 heteroatoms. The Morgan fingerprint density at radius 2 is 1.61 bits per heavy atom. The average Bonchev–Trinajstić information content (AvgIpc) is 3.00. The van der Waals surface area contributed by atoms with Gasteiger partial charge in [-0.1, -0.05) is 55.1 Å². The third-order valence-corrected chi connectivity index (χ3v) is 6.89. The summed E-state index contributed by atoms with van der Waals surface area (Å²) in [6.07, 6.45) is 0. The van der Waals surface area contributed by atoms with Gasteiger partial charge < -0.3 is 14.2 Å². The number of carbonyl (C=O) groups excluding carboxylic acids is 3. The Labute approximate surface area is 179 Å². The van der Waals surface area contributed by atoms with Crippen LogP contribution in [0.5, 0.6) is 0 Å². The fourth-order valence-corrected chi connectivity index (χ4v) is 5.62. The number of ether oxygens (including phenoxy) is 3. The largest absolute Gasteiger partial charge is 0.460 e. The zero-order valence-electron chi connectivity index (χ0n) is 17.3. The van der Waals surface area contributed by atoms with Gasteiger partial charge in [0.25, 0.3) is 0 Å². The minimum absolute atomic E-state index is 0.00898. The van der Waals surface area contributed by atoms with Gasteiger partial charge in [0.05, 0.1) is 12.5 Å². The van der Waals surface area contributed by atoms with Crippen LogP contribution >= 0.6 is 0 Å². The monoisotopic (exact) mass is 418 g/mol. The number of rotatable bonds is 5. The van der Waals surface area contributed by atoms with Crippen LogP contribution in [0.15, 0.2) is 60.7 Å². The third-order valence-electron chi connectivity index (χ3n) is 6.89. The number of carbonyl (C=O) groups is 3. The van der Waals surface area contributed by atoms with Crippen molar-refractivity contribution in [2.45, 2.75) is 25.4 Å². The van der Waals surface area contributed by atoms with Gasteiger partial charge >= 0.3 is 17.9 Å². The lowest BCUT2D eigenvalue weighted by molar-refractivity contribution is -0.177. The van der Waals surface area contributed by atoms with E-state index in [4.69, 9.17) is 14.2 Å². The van der Waals surface area contributed by atoms with Crippen LogP contribution < -0.4 is 0 Å². The molecule has 0 radical (unpaired) electrons. The quantitative estimate of drug-likeness (QED) is 0.321. The molecule has 0 aromatic heterocycles. The van der Waals surface area contributed by atoms with Gasteiger partial charge in [-0.15, -0.1) is 0 Å². The minimum Gasteiger partial charge on any atom is -0.460 e. The van der Waals surface area contributed by atoms with Crippen LogP contribution in [0.3, 0.4) is 0 Å². The van der Waals surface area contributed by atoms with Gasteiger partial charge in [0.15, 0.2) is 0 Å². The second-order valence-electron chi connectivity index (χ2n) is 8.49. The Hall–Kier alpha value is -3.25. The van der Waals surface area contributed by atoms with E-state index in [0.717, 1.165) is 22.3 Å². The van der Waals surface area contributed by atoms with Crippen LogP contribution in [-0.2, 0) is 34.2 Å². The molecule has 6 nitrogen and oxygen atoms in total. The van der Waals surface area contributed by atoms with E-state index in [2.05, 4.69) is 6.58 Å². The molecule has 6 rings (SSSR count). The lowest BCUT2D eigenvalue weighted by Gasteiger charge is -2.57. The van der Waals surface area contributed by atoms with Crippen molar-refractivity contribution in [3.05, 3.63) is 82.9 Å². The molecule has 0 spiro atoms. The van der Waals surface area contributed by atoms with Crippen LogP contribution in [0.4, 0.5) is 0 Å². The molecule has 0 N–H and O–H groups in total. The van der Waals surface area contributed by atoms with Crippen molar-refractivity contribution in [3.8, 4) is 0 Å². The second kappa shape index (κ2) is 6.62. The fourth-order valence-electron chi connectivity index (χ4n) is 5.62. The molecular formula is C25H22O6. The van der Waals surface area contributed by atoms with E-state index in [0.29, 0.717) is 5.57 Å². The van der Waals surface area contributed by atoms with E-state index >= 15 is 0 Å². The van der Waals surface area contributed by atoms with Crippen molar-refractivity contribution in [2.24, 2.45) is 11.3 Å². The number of benzene rings is 2. The van der Waals surface area contributed by atoms with Crippen LogP contribution in [-0.4, -0.2) is 31.1 Å². The molecule has 158 valence electrons. The molecule has 2 aromatic rings. The standard InChI is InChI=1S/C25H22O6/c1-14(2)21(26)29-12-13-30-25-17-10-6-4-8-15(17)19(16-9-5-7-11-18(16)25)20-22(27)31-23(28)24(20,25)3/h4-11,19-20H,1,12-13H2,2-3H3. The summed E-state index contributed by atoms with van der Waals surface area (Å²) in [5.74, 6) is -2.60. The lowest BCUT2D eigenvalue weighted by atomic mass is 9.46. The Bertz CT molecular complexity index is 1100. The summed E-state index contributed by atoms with van der Waals surface area (Å²) >= 11 is 0. The van der Waals surface area contributed by atoms with Gasteiger partial charge in [0.1, 0.15) is 17.6 Å². The summed E-state index contributed by atoms with van der Waals surface area (Å²) in [6.45, 7) is 6.93. The highest BCUT2D eigenvalue weighted by Gasteiger charge is 2.75. The highest BCUT2D eigenvalue weighted by molar-refractivity contribution is 6.03. The van der Waals surface area contributed by atoms with Gasteiger partial charge in [0, 0.05) is 11.5 Å². The predicted molar refractivity (Wildman–Crippen MR) is 110 cm³/mol. The van der Waals surface area contributed by atoms with Crippen LogP contribution in [0.2, 0.25) is 0 Å². The van der Waals surface area contributed by atoms with E-state index in [1.807, 2.05) is 48.5 Å². The van der Waals surface area contributed by atoms with Gasteiger partial charge in [-0.25, -0.2) is 4.79 Å². The number of hydrogen-bond acceptors (Lipinski definition) is 6. The molecule has 2 bridgehead atoms. The molecule has 0 saturated carbocycles. The summed E-state index contributed by atoms with van der Waals surface area (Å²) < 4.78 is 16.9. The predicted octanol–water partition coefficient (Wildman–Crippen LogP) is 3.23. The van der Waals surface area contributed by atoms with E-state index < -0.39 is 34.8 Å². The molecular weight excluding hydrogens is 396 g/mol. The zero-order valence-corrected chi connectivity index (χ0v) is 17.3. The molecule has 2 atom stereocenters. The van der Waals surface area contributed by atoms with Gasteiger partial charge in [-0.05, 0) is 36.1 Å². The van der Waals surface area contributed by atoms with E-state index in [1.54, 1.807) is 13.8 Å². The summed E-state index contributed by atoms with van der Waals surface area (Å²) in [5.41, 5.74) is 1.41. The summed E-state index contributed by atoms with van der Waals surface area (Å²) in [7, 11) is 0. The third kappa shape index (κ3) is 2.34. The molecule has 4 aliphatic rings. The van der Waals surface area contributed by atoms with Crippen molar-refractivity contribution in [2.75, 3.05) is 13.2 Å². The average molecular weight is 418 g/mol. The summed E-state index contributed by atoms with van der Waals surface area (Å²) in [6, 6.07) is 15.5. The van der Waals surface area contributed by atoms with Crippen LogP contribution in [0.25, 0.3) is 0 Å². The molecule has 31 heavy (non-hydrogen) atoms. The SMILES string of the molecule is C=C(C)C(=O)OCCOC12c3ccccc3C(c3ccccc31)C1C(=O)OC(=O)C12C. The van der Waals surface area contributed by atoms with Crippen molar-refractivity contribution in [3.63, 3.8) is 0 Å². The molecule has 2 aromatic carbocycles. The van der Waals surface area contributed by atoms with Crippen molar-refractivity contribution < 1.29 is 28.6 Å². The fraction of sp³-hybridized carbons (Fsp3) is 0.320. The van der Waals surface area contributed by atoms with Crippen molar-refractivity contribution in [1.29, 1.82) is 0 Å². The second-order valence-corrected chi connectivity index (χ2v) is 8.49. The minimum atomic E-state index is -1.24. The van der Waals surface area contributed by atoms with Gasteiger partial charge in [-0.2, -0.15) is 0 Å². The first-order valence-electron chi connectivity index (χ1n) is 10.3. The number of hydrogen-bond donors (Lipinski definition) is 0. The van der Waals surface area contributed by atoms with Crippen molar-refractivity contribution in [1.82, 2.24) is 0 Å². The van der Waals surface area contributed by atoms with Gasteiger partial charge in [-0.3, -0.25) is 9.59 Å². The maximum atomic E-state index is 13.2. The smallest absolute Gasteiger partial charge is 0.333 e. The number of cyclic esters (lactones) is 2. The zero-order chi connectivity index (χ0) is 22.0. The molecule has 0 amide bonds. The Balaban J connectivity index is 1.68. The van der Waals surface area contributed by atoms with Crippen LogP contribution in [0, 0.1) is 11.3 Å². The molecule has 2 unspecified atom stereocenters. The molecule has 1 saturated heterocycles. The van der Waals surface area contributed by atoms with Gasteiger partial charge in [0.2, 0.25) is 0 Å². The first kappa shape index (κ1) is 19.7. The summed E-state index contributed by atoms with van der Waals surface area (Å²) in [4.78, 5) is 37.9. The molecule has 1 aliphatic heterocycles. The number of esters is 3. The van der Waals surface area contributed by atoms with E-state index in [-0.39, 0.29) is 19.1 Å². The highest BCUT2D eigenvalue weighted by atomic mass is 16.6. The Morgan fingerprint density at radius 3 is 2.19 bits per heavy atom. The Kier molecular flexibility index (Phi) is 4.21. The molecule has 1 heterocycles. The topological polar surface area (TPSA) is 78.9 Å². The first-order valence-corrected chi connectivity index (χ1v) is 10.3. The highest BCUT2D eigenvalue weighted by Crippen LogP contribution is 2.69. The maximum Gasteiger partial charge on any atom is 0.333 e. The summed E-state index contributed by atoms with van der Waals surface area (Å²) in [5, 5.41) is 0. The van der Waals surface area contributed by atoms with E-state index in [1.165, 1.54) is 0 Å². The lowest BCUT2D eigenvalue weighted by Crippen LogP contribution is -2.61.